The summed E-state index contributed by atoms with van der Waals surface area (Å²) in [5, 5.41) is 0.750. The molecule has 1 heterocycles. The number of hydrogen-bond donors (Lipinski definition) is 0. The molecule has 0 unspecified atom stereocenters. The van der Waals surface area contributed by atoms with E-state index >= 15 is 0 Å². The van der Waals surface area contributed by atoms with Gasteiger partial charge in [-0.15, -0.1) is 0 Å². The first-order chi connectivity index (χ1) is 11.8. The number of rotatable bonds is 8. The number of carbonyl (C=O) groups excluding carboxylic acids is 1. The number of amides is 1. The summed E-state index contributed by atoms with van der Waals surface area (Å²) < 4.78 is 2.20. The maximum atomic E-state index is 12.6. The zero-order valence-corrected chi connectivity index (χ0v) is 16.5. The fourth-order valence-electron chi connectivity index (χ4n) is 2.95. The highest BCUT2D eigenvalue weighted by molar-refractivity contribution is 6.30. The number of aromatic nitrogens is 1. The maximum absolute atomic E-state index is 12.6. The molecular formula is C21H29ClN2O. The van der Waals surface area contributed by atoms with E-state index in [2.05, 4.69) is 50.6 Å². The Morgan fingerprint density at radius 2 is 1.88 bits per heavy atom. The van der Waals surface area contributed by atoms with Gasteiger partial charge < -0.3 is 9.47 Å². The van der Waals surface area contributed by atoms with E-state index in [1.54, 1.807) is 0 Å². The zero-order valence-electron chi connectivity index (χ0n) is 15.7. The van der Waals surface area contributed by atoms with Gasteiger partial charge in [0.2, 0.25) is 5.91 Å². The summed E-state index contributed by atoms with van der Waals surface area (Å²) in [6.07, 6.45) is 2.67. The van der Waals surface area contributed by atoms with Crippen molar-refractivity contribution in [3.05, 3.63) is 58.9 Å². The molecule has 25 heavy (non-hydrogen) atoms. The molecule has 0 aliphatic carbocycles. The van der Waals surface area contributed by atoms with Crippen molar-refractivity contribution in [2.24, 2.45) is 11.8 Å². The van der Waals surface area contributed by atoms with Crippen LogP contribution < -0.4 is 0 Å². The van der Waals surface area contributed by atoms with Crippen LogP contribution in [0.3, 0.4) is 0 Å². The molecule has 0 N–H and O–H groups in total. The molecule has 2 aromatic rings. The minimum absolute atomic E-state index is 0.235. The summed E-state index contributed by atoms with van der Waals surface area (Å²) >= 11 is 6.09. The second-order valence-corrected chi connectivity index (χ2v) is 7.96. The summed E-state index contributed by atoms with van der Waals surface area (Å²) in [6.45, 7) is 10.7. The molecule has 1 aromatic carbocycles. The van der Waals surface area contributed by atoms with Crippen molar-refractivity contribution in [3.8, 4) is 0 Å². The molecule has 136 valence electrons. The summed E-state index contributed by atoms with van der Waals surface area (Å²) in [5.41, 5.74) is 2.31. The highest BCUT2D eigenvalue weighted by atomic mass is 35.5. The molecule has 0 saturated heterocycles. The van der Waals surface area contributed by atoms with Crippen LogP contribution >= 0.6 is 11.6 Å². The fraction of sp³-hybridized carbons (Fsp3) is 0.476. The first kappa shape index (κ1) is 19.6. The Kier molecular flexibility index (Phi) is 7.12. The van der Waals surface area contributed by atoms with Crippen molar-refractivity contribution >= 4 is 17.5 Å². The molecule has 2 rings (SSSR count). The van der Waals surface area contributed by atoms with Gasteiger partial charge in [-0.05, 0) is 41.7 Å². The third-order valence-corrected chi connectivity index (χ3v) is 4.27. The molecule has 0 fully saturated rings. The van der Waals surface area contributed by atoms with E-state index in [1.165, 1.54) is 0 Å². The van der Waals surface area contributed by atoms with Crippen LogP contribution in [0.2, 0.25) is 5.02 Å². The lowest BCUT2D eigenvalue weighted by Crippen LogP contribution is -2.35. The van der Waals surface area contributed by atoms with Gasteiger partial charge in [0.25, 0.3) is 0 Å². The Morgan fingerprint density at radius 3 is 2.52 bits per heavy atom. The predicted octanol–water partition coefficient (Wildman–Crippen LogP) is 5.22. The number of hydrogen-bond acceptors (Lipinski definition) is 1. The zero-order chi connectivity index (χ0) is 18.4. The van der Waals surface area contributed by atoms with Crippen molar-refractivity contribution in [2.45, 2.75) is 47.2 Å². The second-order valence-electron chi connectivity index (χ2n) is 7.52. The lowest BCUT2D eigenvalue weighted by molar-refractivity contribution is -0.133. The van der Waals surface area contributed by atoms with Crippen LogP contribution in [-0.2, 0) is 17.9 Å². The largest absolute Gasteiger partial charge is 0.345 e. The number of carbonyl (C=O) groups is 1. The van der Waals surface area contributed by atoms with Gasteiger partial charge in [-0.25, -0.2) is 0 Å². The maximum Gasteiger partial charge on any atom is 0.223 e. The third kappa shape index (κ3) is 6.24. The van der Waals surface area contributed by atoms with Crippen LogP contribution in [-0.4, -0.2) is 21.9 Å². The Labute approximate surface area is 156 Å². The monoisotopic (exact) mass is 360 g/mol. The lowest BCUT2D eigenvalue weighted by atomic mass is 10.1. The summed E-state index contributed by atoms with van der Waals surface area (Å²) in [5.74, 6) is 1.06. The molecule has 3 nitrogen and oxygen atoms in total. The first-order valence-corrected chi connectivity index (χ1v) is 9.39. The van der Waals surface area contributed by atoms with E-state index in [9.17, 15) is 4.79 Å². The molecule has 1 amide bonds. The van der Waals surface area contributed by atoms with Crippen LogP contribution in [0.25, 0.3) is 0 Å². The highest BCUT2D eigenvalue weighted by Gasteiger charge is 2.18. The first-order valence-electron chi connectivity index (χ1n) is 9.01. The van der Waals surface area contributed by atoms with Crippen molar-refractivity contribution in [2.75, 3.05) is 6.54 Å². The minimum Gasteiger partial charge on any atom is -0.345 e. The minimum atomic E-state index is 0.235. The predicted molar refractivity (Wildman–Crippen MR) is 105 cm³/mol. The number of halogens is 1. The molecule has 0 saturated carbocycles. The lowest BCUT2D eigenvalue weighted by Gasteiger charge is -2.26. The Bertz CT molecular complexity index is 691. The van der Waals surface area contributed by atoms with Crippen LogP contribution in [0, 0.1) is 11.8 Å². The van der Waals surface area contributed by atoms with Crippen LogP contribution in [0.4, 0.5) is 0 Å². The molecule has 1 aromatic heterocycles. The SMILES string of the molecule is CC(C)CC(=O)N(Cc1cccn1Cc1cccc(Cl)c1)CC(C)C. The van der Waals surface area contributed by atoms with Crippen LogP contribution in [0.15, 0.2) is 42.6 Å². The molecule has 0 aliphatic heterocycles. The standard InChI is InChI=1S/C21H29ClN2O/c1-16(2)11-21(25)24(13-17(3)4)15-20-9-6-10-23(20)14-18-7-5-8-19(22)12-18/h5-10,12,16-17H,11,13-15H2,1-4H3. The summed E-state index contributed by atoms with van der Waals surface area (Å²) in [4.78, 5) is 14.6. The van der Waals surface area contributed by atoms with Gasteiger partial charge >= 0.3 is 0 Å². The average molecular weight is 361 g/mol. The van der Waals surface area contributed by atoms with Gasteiger partial charge in [-0.3, -0.25) is 4.79 Å². The van der Waals surface area contributed by atoms with Crippen molar-refractivity contribution in [3.63, 3.8) is 0 Å². The Hall–Kier alpha value is -1.74. The number of benzene rings is 1. The molecule has 0 spiro atoms. The number of nitrogens with zero attached hydrogens (tertiary/aromatic N) is 2. The molecule has 0 aliphatic rings. The van der Waals surface area contributed by atoms with E-state index in [0.717, 1.165) is 29.4 Å². The van der Waals surface area contributed by atoms with Gasteiger partial charge in [-0.2, -0.15) is 0 Å². The second kappa shape index (κ2) is 9.10. The quantitative estimate of drug-likeness (QED) is 0.633. The van der Waals surface area contributed by atoms with Gasteiger partial charge in [0.05, 0.1) is 6.54 Å². The van der Waals surface area contributed by atoms with E-state index in [1.807, 2.05) is 29.2 Å². The van der Waals surface area contributed by atoms with E-state index < -0.39 is 0 Å². The van der Waals surface area contributed by atoms with Gasteiger partial charge in [0.1, 0.15) is 0 Å². The van der Waals surface area contributed by atoms with E-state index in [4.69, 9.17) is 11.6 Å². The molecule has 0 bridgehead atoms. The van der Waals surface area contributed by atoms with Crippen molar-refractivity contribution in [1.29, 1.82) is 0 Å². The van der Waals surface area contributed by atoms with Crippen molar-refractivity contribution < 1.29 is 4.79 Å². The Morgan fingerprint density at radius 1 is 1.12 bits per heavy atom. The molecule has 4 heteroatoms. The molecular weight excluding hydrogens is 332 g/mol. The van der Waals surface area contributed by atoms with E-state index in [0.29, 0.717) is 24.8 Å². The normalized spacial score (nSPS) is 11.3. The smallest absolute Gasteiger partial charge is 0.223 e. The van der Waals surface area contributed by atoms with Crippen molar-refractivity contribution in [1.82, 2.24) is 9.47 Å². The highest BCUT2D eigenvalue weighted by Crippen LogP contribution is 2.16. The fourth-order valence-corrected chi connectivity index (χ4v) is 3.16. The van der Waals surface area contributed by atoms with Crippen LogP contribution in [0.5, 0.6) is 0 Å². The Balaban J connectivity index is 2.14. The molecule has 0 radical (unpaired) electrons. The molecule has 0 atom stereocenters. The average Bonchev–Trinajstić information content (AvgIpc) is 2.92. The van der Waals surface area contributed by atoms with Gasteiger partial charge in [0.15, 0.2) is 0 Å². The van der Waals surface area contributed by atoms with E-state index in [-0.39, 0.29) is 5.91 Å². The topological polar surface area (TPSA) is 25.2 Å². The summed E-state index contributed by atoms with van der Waals surface area (Å²) in [6, 6.07) is 12.1. The van der Waals surface area contributed by atoms with Gasteiger partial charge in [-0.1, -0.05) is 51.4 Å². The third-order valence-electron chi connectivity index (χ3n) is 4.04. The summed E-state index contributed by atoms with van der Waals surface area (Å²) in [7, 11) is 0. The van der Waals surface area contributed by atoms with Gasteiger partial charge in [0, 0.05) is 36.4 Å². The van der Waals surface area contributed by atoms with Crippen LogP contribution in [0.1, 0.15) is 45.4 Å².